The molecule has 0 aliphatic rings. The van der Waals surface area contributed by atoms with Crippen molar-refractivity contribution in [2.75, 3.05) is 7.11 Å². The van der Waals surface area contributed by atoms with Gasteiger partial charge in [-0.3, -0.25) is 0 Å². The van der Waals surface area contributed by atoms with Gasteiger partial charge in [0.2, 0.25) is 0 Å². The number of aryl methyl sites for hydroxylation is 2. The summed E-state index contributed by atoms with van der Waals surface area (Å²) in [4.78, 5) is 9.47. The van der Waals surface area contributed by atoms with E-state index in [-0.39, 0.29) is 5.75 Å². The Hall–Kier alpha value is -1.83. The Morgan fingerprint density at radius 2 is 1.94 bits per heavy atom. The molecule has 1 aromatic carbocycles. The molecule has 0 heterocycles. The van der Waals surface area contributed by atoms with Gasteiger partial charge >= 0.3 is 0 Å². The molecule has 18 heavy (non-hydrogen) atoms. The third kappa shape index (κ3) is 3.33. The van der Waals surface area contributed by atoms with Crippen LogP contribution in [0.15, 0.2) is 17.7 Å². The van der Waals surface area contributed by atoms with Crippen LogP contribution in [-0.2, 0) is 9.78 Å². The minimum atomic E-state index is -0.436. The van der Waals surface area contributed by atoms with E-state index in [0.29, 0.717) is 5.57 Å². The van der Waals surface area contributed by atoms with Crippen LogP contribution in [0.4, 0.5) is 0 Å². The van der Waals surface area contributed by atoms with Gasteiger partial charge in [0.05, 0.1) is 18.8 Å². The van der Waals surface area contributed by atoms with E-state index >= 15 is 0 Å². The standard InChI is InChI=1S/C14H17NO3/c1-9-5-12(6-10(2)14(9)16)7-13(8-15)11(3)18-17-4/h5-7,11,16H,1-4H3/b13-7+. The van der Waals surface area contributed by atoms with Crippen LogP contribution in [0.5, 0.6) is 5.75 Å². The molecule has 0 saturated heterocycles. The fraction of sp³-hybridized carbons (Fsp3) is 0.357. The minimum Gasteiger partial charge on any atom is -0.507 e. The Bertz CT molecular complexity index is 477. The fourth-order valence-corrected chi connectivity index (χ4v) is 1.69. The van der Waals surface area contributed by atoms with Crippen molar-refractivity contribution in [3.8, 4) is 11.8 Å². The molecule has 0 aromatic heterocycles. The molecule has 0 aliphatic heterocycles. The van der Waals surface area contributed by atoms with Gasteiger partial charge in [0.1, 0.15) is 11.9 Å². The average molecular weight is 247 g/mol. The van der Waals surface area contributed by atoms with Crippen LogP contribution >= 0.6 is 0 Å². The summed E-state index contributed by atoms with van der Waals surface area (Å²) in [5.74, 6) is 0.284. The zero-order chi connectivity index (χ0) is 13.7. The van der Waals surface area contributed by atoms with Gasteiger partial charge < -0.3 is 5.11 Å². The monoisotopic (exact) mass is 247 g/mol. The lowest BCUT2D eigenvalue weighted by atomic mass is 10.0. The smallest absolute Gasteiger partial charge is 0.125 e. The maximum absolute atomic E-state index is 9.69. The molecule has 4 nitrogen and oxygen atoms in total. The summed E-state index contributed by atoms with van der Waals surface area (Å²) in [6.45, 7) is 5.38. The Balaban J connectivity index is 3.11. The van der Waals surface area contributed by atoms with Crippen molar-refractivity contribution in [2.45, 2.75) is 26.9 Å². The molecule has 0 saturated carbocycles. The highest BCUT2D eigenvalue weighted by Crippen LogP contribution is 2.24. The number of benzene rings is 1. The molecule has 1 rings (SSSR count). The van der Waals surface area contributed by atoms with Crippen LogP contribution < -0.4 is 0 Å². The number of phenols is 1. The number of hydrogen-bond donors (Lipinski definition) is 1. The maximum atomic E-state index is 9.69. The van der Waals surface area contributed by atoms with Crippen molar-refractivity contribution in [3.63, 3.8) is 0 Å². The zero-order valence-corrected chi connectivity index (χ0v) is 11.0. The quantitative estimate of drug-likeness (QED) is 0.505. The normalized spacial score (nSPS) is 13.2. The van der Waals surface area contributed by atoms with Crippen molar-refractivity contribution in [3.05, 3.63) is 34.4 Å². The summed E-state index contributed by atoms with van der Waals surface area (Å²) in [5, 5.41) is 18.8. The van der Waals surface area contributed by atoms with Crippen LogP contribution in [0.25, 0.3) is 6.08 Å². The molecule has 1 N–H and O–H groups in total. The predicted molar refractivity (Wildman–Crippen MR) is 68.7 cm³/mol. The molecule has 1 atom stereocenters. The van der Waals surface area contributed by atoms with E-state index in [4.69, 9.17) is 10.1 Å². The van der Waals surface area contributed by atoms with E-state index in [1.54, 1.807) is 13.0 Å². The van der Waals surface area contributed by atoms with Gasteiger partial charge in [-0.05, 0) is 55.7 Å². The van der Waals surface area contributed by atoms with Gasteiger partial charge in [0.15, 0.2) is 0 Å². The molecule has 0 amide bonds. The highest BCUT2D eigenvalue weighted by Gasteiger charge is 2.10. The van der Waals surface area contributed by atoms with Gasteiger partial charge in [0, 0.05) is 0 Å². The Morgan fingerprint density at radius 1 is 1.39 bits per heavy atom. The molecule has 0 bridgehead atoms. The molecule has 96 valence electrons. The predicted octanol–water partition coefficient (Wildman–Crippen LogP) is 2.88. The van der Waals surface area contributed by atoms with Gasteiger partial charge in [-0.2, -0.15) is 5.26 Å². The second kappa shape index (κ2) is 6.20. The molecule has 0 aliphatic carbocycles. The lowest BCUT2D eigenvalue weighted by molar-refractivity contribution is -0.290. The van der Waals surface area contributed by atoms with Crippen molar-refractivity contribution in [1.29, 1.82) is 5.26 Å². The van der Waals surface area contributed by atoms with E-state index in [1.807, 2.05) is 26.0 Å². The van der Waals surface area contributed by atoms with Crippen molar-refractivity contribution < 1.29 is 14.9 Å². The van der Waals surface area contributed by atoms with Gasteiger partial charge in [-0.15, -0.1) is 0 Å². The van der Waals surface area contributed by atoms with Crippen LogP contribution in [0.3, 0.4) is 0 Å². The molecule has 4 heteroatoms. The first-order valence-electron chi connectivity index (χ1n) is 5.61. The van der Waals surface area contributed by atoms with E-state index in [9.17, 15) is 5.11 Å². The third-order valence-corrected chi connectivity index (χ3v) is 2.64. The molecular formula is C14H17NO3. The van der Waals surface area contributed by atoms with Gasteiger partial charge in [0.25, 0.3) is 0 Å². The van der Waals surface area contributed by atoms with E-state index in [2.05, 4.69) is 11.0 Å². The van der Waals surface area contributed by atoms with Gasteiger partial charge in [-0.1, -0.05) is 0 Å². The second-order valence-electron chi connectivity index (χ2n) is 4.12. The summed E-state index contributed by atoms with van der Waals surface area (Å²) < 4.78 is 0. The molecule has 1 aromatic rings. The van der Waals surface area contributed by atoms with Crippen LogP contribution in [-0.4, -0.2) is 18.3 Å². The van der Waals surface area contributed by atoms with Crippen molar-refractivity contribution in [1.82, 2.24) is 0 Å². The number of nitrogens with zero attached hydrogens (tertiary/aromatic N) is 1. The summed E-state index contributed by atoms with van der Waals surface area (Å²) in [6, 6.07) is 5.72. The SMILES string of the molecule is COOC(C)/C(C#N)=C/c1cc(C)c(O)c(C)c1. The second-order valence-corrected chi connectivity index (χ2v) is 4.12. The minimum absolute atomic E-state index is 0.284. The number of aromatic hydroxyl groups is 1. The molecule has 0 fully saturated rings. The third-order valence-electron chi connectivity index (χ3n) is 2.64. The summed E-state index contributed by atoms with van der Waals surface area (Å²) >= 11 is 0. The van der Waals surface area contributed by atoms with Crippen LogP contribution in [0, 0.1) is 25.2 Å². The molecular weight excluding hydrogens is 230 g/mol. The lowest BCUT2D eigenvalue weighted by Crippen LogP contribution is -2.09. The summed E-state index contributed by atoms with van der Waals surface area (Å²) in [5.41, 5.74) is 2.87. The first kappa shape index (κ1) is 14.2. The largest absolute Gasteiger partial charge is 0.507 e. The van der Waals surface area contributed by atoms with Gasteiger partial charge in [-0.25, -0.2) is 9.78 Å². The zero-order valence-electron chi connectivity index (χ0n) is 11.0. The fourth-order valence-electron chi connectivity index (χ4n) is 1.69. The number of phenolic OH excluding ortho intramolecular Hbond substituents is 1. The van der Waals surface area contributed by atoms with Crippen molar-refractivity contribution in [2.24, 2.45) is 0 Å². The highest BCUT2D eigenvalue weighted by atomic mass is 17.2. The summed E-state index contributed by atoms with van der Waals surface area (Å²) in [7, 11) is 1.40. The van der Waals surface area contributed by atoms with Crippen LogP contribution in [0.1, 0.15) is 23.6 Å². The molecule has 1 unspecified atom stereocenters. The molecule has 0 spiro atoms. The summed E-state index contributed by atoms with van der Waals surface area (Å²) in [6.07, 6.45) is 1.29. The topological polar surface area (TPSA) is 62.5 Å². The highest BCUT2D eigenvalue weighted by molar-refractivity contribution is 5.61. The van der Waals surface area contributed by atoms with Crippen LogP contribution in [0.2, 0.25) is 0 Å². The first-order chi connectivity index (χ1) is 8.49. The Labute approximate surface area is 107 Å². The number of hydrogen-bond acceptors (Lipinski definition) is 4. The number of nitriles is 1. The lowest BCUT2D eigenvalue weighted by Gasteiger charge is -2.09. The molecule has 0 radical (unpaired) electrons. The van der Waals surface area contributed by atoms with E-state index in [0.717, 1.165) is 16.7 Å². The average Bonchev–Trinajstić information content (AvgIpc) is 2.33. The Kier molecular flexibility index (Phi) is 4.90. The number of rotatable bonds is 4. The maximum Gasteiger partial charge on any atom is 0.125 e. The first-order valence-corrected chi connectivity index (χ1v) is 5.61. The Morgan fingerprint density at radius 3 is 2.39 bits per heavy atom. The van der Waals surface area contributed by atoms with E-state index in [1.165, 1.54) is 7.11 Å². The van der Waals surface area contributed by atoms with E-state index < -0.39 is 6.10 Å². The van der Waals surface area contributed by atoms with Crippen molar-refractivity contribution >= 4 is 6.08 Å².